The van der Waals surface area contributed by atoms with Crippen LogP contribution in [0, 0.1) is 0 Å². The van der Waals surface area contributed by atoms with Gasteiger partial charge in [-0.05, 0) is 20.8 Å². The summed E-state index contributed by atoms with van der Waals surface area (Å²) < 4.78 is 9.16. The molecule has 9 heavy (non-hydrogen) atoms. The smallest absolute Gasteiger partial charge is 0.301 e. The minimum atomic E-state index is -1.36. The van der Waals surface area contributed by atoms with E-state index in [4.69, 9.17) is 4.74 Å². The summed E-state index contributed by atoms with van der Waals surface area (Å²) in [5.74, 6) is 0. The quantitative estimate of drug-likeness (QED) is 0.530. The van der Waals surface area contributed by atoms with E-state index in [9.17, 15) is 5.11 Å². The Morgan fingerprint density at radius 1 is 1.33 bits per heavy atom. The average molecular weight is 133 g/mol. The van der Waals surface area contributed by atoms with Gasteiger partial charge in [-0.3, -0.25) is 0 Å². The topological polar surface area (TPSA) is 38.4 Å². The van der Waals surface area contributed by atoms with Crippen molar-refractivity contribution >= 4 is 0 Å². The van der Waals surface area contributed by atoms with Crippen LogP contribution in [0.4, 0.5) is 0 Å². The van der Waals surface area contributed by atoms with Gasteiger partial charge in [0, 0.05) is 7.11 Å². The summed E-state index contributed by atoms with van der Waals surface area (Å²) in [6.45, 7) is 4.05. The van der Waals surface area contributed by atoms with Gasteiger partial charge in [0.05, 0.1) is 5.60 Å². The molecule has 0 aromatic rings. The molecule has 0 aromatic heterocycles. The van der Waals surface area contributed by atoms with Gasteiger partial charge >= 0.3 is 6.48 Å². The van der Waals surface area contributed by atoms with Crippen molar-refractivity contribution in [1.82, 2.24) is 0 Å². The average Bonchev–Trinajstić information content (AvgIpc) is 1.62. The first kappa shape index (κ1) is 8.88. The number of rotatable bonds is 2. The molecule has 0 aliphatic heterocycles. The highest BCUT2D eigenvalue weighted by Crippen LogP contribution is 2.09. The van der Waals surface area contributed by atoms with Gasteiger partial charge in [0.15, 0.2) is 0 Å². The standard InChI is InChI=1S/C6H13O3/c1-6(2,3)9-5(7)8-4/h5H,1-4H3. The van der Waals surface area contributed by atoms with E-state index >= 15 is 0 Å². The first-order valence-electron chi connectivity index (χ1n) is 2.82. The fourth-order valence-corrected chi connectivity index (χ4v) is 0.337. The lowest BCUT2D eigenvalue weighted by Crippen LogP contribution is -2.27. The van der Waals surface area contributed by atoms with Crippen molar-refractivity contribution < 1.29 is 14.6 Å². The first-order valence-corrected chi connectivity index (χ1v) is 2.82. The molecule has 55 valence electrons. The van der Waals surface area contributed by atoms with E-state index in [1.165, 1.54) is 7.11 Å². The second kappa shape index (κ2) is 3.15. The van der Waals surface area contributed by atoms with Crippen LogP contribution in [-0.2, 0) is 14.6 Å². The summed E-state index contributed by atoms with van der Waals surface area (Å²) >= 11 is 0. The van der Waals surface area contributed by atoms with E-state index in [1.54, 1.807) is 20.8 Å². The monoisotopic (exact) mass is 133 g/mol. The molecular formula is C6H13O3. The summed E-state index contributed by atoms with van der Waals surface area (Å²) in [4.78, 5) is 0. The van der Waals surface area contributed by atoms with Crippen LogP contribution in [0.5, 0.6) is 0 Å². The molecule has 0 fully saturated rings. The molecule has 3 heteroatoms. The molecule has 0 aromatic carbocycles. The summed E-state index contributed by atoms with van der Waals surface area (Å²) in [6.07, 6.45) is 0. The number of hydrogen-bond donors (Lipinski definition) is 0. The largest absolute Gasteiger partial charge is 0.331 e. The minimum Gasteiger partial charge on any atom is -0.331 e. The molecule has 0 aliphatic rings. The number of ether oxygens (including phenoxy) is 2. The van der Waals surface area contributed by atoms with Gasteiger partial charge in [0.1, 0.15) is 0 Å². The van der Waals surface area contributed by atoms with E-state index in [-0.39, 0.29) is 0 Å². The van der Waals surface area contributed by atoms with Gasteiger partial charge in [-0.1, -0.05) is 0 Å². The minimum absolute atomic E-state index is 0.414. The van der Waals surface area contributed by atoms with Crippen LogP contribution in [0.3, 0.4) is 0 Å². The highest BCUT2D eigenvalue weighted by Gasteiger charge is 2.16. The summed E-state index contributed by atoms with van der Waals surface area (Å²) in [5, 5.41) is 10.5. The number of hydrogen-bond acceptors (Lipinski definition) is 2. The third-order valence-electron chi connectivity index (χ3n) is 0.642. The van der Waals surface area contributed by atoms with Crippen molar-refractivity contribution in [2.24, 2.45) is 0 Å². The Labute approximate surface area is 55.6 Å². The lowest BCUT2D eigenvalue weighted by atomic mass is 10.2. The van der Waals surface area contributed by atoms with Crippen LogP contribution < -0.4 is 0 Å². The van der Waals surface area contributed by atoms with Crippen LogP contribution >= 0.6 is 0 Å². The maximum Gasteiger partial charge on any atom is 0.301 e. The van der Waals surface area contributed by atoms with Crippen molar-refractivity contribution in [3.8, 4) is 0 Å². The third-order valence-corrected chi connectivity index (χ3v) is 0.642. The molecule has 0 aliphatic carbocycles. The van der Waals surface area contributed by atoms with Gasteiger partial charge in [-0.25, -0.2) is 0 Å². The van der Waals surface area contributed by atoms with Gasteiger partial charge < -0.3 is 9.47 Å². The zero-order valence-corrected chi connectivity index (χ0v) is 6.30. The third kappa shape index (κ3) is 5.76. The van der Waals surface area contributed by atoms with Crippen molar-refractivity contribution in [3.63, 3.8) is 0 Å². The molecule has 0 spiro atoms. The molecule has 1 radical (unpaired) electrons. The SMILES string of the molecule is COC([O])OC(C)(C)C. The normalized spacial score (nSPS) is 15.7. The predicted octanol–water partition coefficient (Wildman–Crippen LogP) is 1.16. The van der Waals surface area contributed by atoms with Crippen molar-refractivity contribution in [3.05, 3.63) is 0 Å². The zero-order valence-electron chi connectivity index (χ0n) is 6.30. The van der Waals surface area contributed by atoms with E-state index in [2.05, 4.69) is 4.74 Å². The van der Waals surface area contributed by atoms with Crippen LogP contribution in [0.15, 0.2) is 0 Å². The van der Waals surface area contributed by atoms with Gasteiger partial charge in [-0.2, -0.15) is 5.11 Å². The molecule has 0 rings (SSSR count). The molecule has 0 amide bonds. The van der Waals surface area contributed by atoms with Crippen molar-refractivity contribution in [2.45, 2.75) is 32.8 Å². The Hall–Kier alpha value is -0.120. The Morgan fingerprint density at radius 3 is 1.89 bits per heavy atom. The molecule has 1 atom stereocenters. The maximum absolute atomic E-state index is 10.5. The summed E-state index contributed by atoms with van der Waals surface area (Å²) in [7, 11) is 1.32. The predicted molar refractivity (Wildman–Crippen MR) is 32.3 cm³/mol. The second-order valence-electron chi connectivity index (χ2n) is 2.75. The lowest BCUT2D eigenvalue weighted by Gasteiger charge is -2.20. The Balaban J connectivity index is 3.47. The highest BCUT2D eigenvalue weighted by molar-refractivity contribution is 4.57. The molecule has 0 saturated heterocycles. The van der Waals surface area contributed by atoms with Crippen molar-refractivity contribution in [1.29, 1.82) is 0 Å². The molecule has 0 N–H and O–H groups in total. The maximum atomic E-state index is 10.5. The fourth-order valence-electron chi connectivity index (χ4n) is 0.337. The van der Waals surface area contributed by atoms with Gasteiger partial charge in [-0.15, -0.1) is 0 Å². The van der Waals surface area contributed by atoms with Gasteiger partial charge in [0.2, 0.25) is 0 Å². The highest BCUT2D eigenvalue weighted by atomic mass is 16.8. The molecule has 3 nitrogen and oxygen atoms in total. The molecular weight excluding hydrogens is 120 g/mol. The van der Waals surface area contributed by atoms with Crippen LogP contribution in [-0.4, -0.2) is 19.2 Å². The molecule has 0 saturated carbocycles. The van der Waals surface area contributed by atoms with Crippen molar-refractivity contribution in [2.75, 3.05) is 7.11 Å². The molecule has 1 unspecified atom stereocenters. The second-order valence-corrected chi connectivity index (χ2v) is 2.75. The van der Waals surface area contributed by atoms with Crippen LogP contribution in [0.1, 0.15) is 20.8 Å². The summed E-state index contributed by atoms with van der Waals surface area (Å²) in [6, 6.07) is 0. The Kier molecular flexibility index (Phi) is 3.11. The lowest BCUT2D eigenvalue weighted by molar-refractivity contribution is -0.314. The fraction of sp³-hybridized carbons (Fsp3) is 1.00. The Bertz CT molecular complexity index is 74.9. The summed E-state index contributed by atoms with van der Waals surface area (Å²) in [5.41, 5.74) is -0.414. The van der Waals surface area contributed by atoms with E-state index in [0.29, 0.717) is 0 Å². The van der Waals surface area contributed by atoms with Gasteiger partial charge in [0.25, 0.3) is 0 Å². The van der Waals surface area contributed by atoms with E-state index in [0.717, 1.165) is 0 Å². The van der Waals surface area contributed by atoms with Crippen LogP contribution in [0.2, 0.25) is 0 Å². The number of methoxy groups -OCH3 is 1. The van der Waals surface area contributed by atoms with Crippen LogP contribution in [0.25, 0.3) is 0 Å². The van der Waals surface area contributed by atoms with E-state index in [1.807, 2.05) is 0 Å². The molecule has 0 heterocycles. The van der Waals surface area contributed by atoms with E-state index < -0.39 is 12.1 Å². The molecule has 0 bridgehead atoms. The first-order chi connectivity index (χ1) is 3.95. The zero-order chi connectivity index (χ0) is 7.49. The Morgan fingerprint density at radius 2 is 1.78 bits per heavy atom.